The zero-order valence-corrected chi connectivity index (χ0v) is 18.7. The molecule has 3 aromatic rings. The van der Waals surface area contributed by atoms with E-state index in [4.69, 9.17) is 11.6 Å². The summed E-state index contributed by atoms with van der Waals surface area (Å²) in [6.45, 7) is 2.98. The van der Waals surface area contributed by atoms with Crippen molar-refractivity contribution >= 4 is 29.2 Å². The van der Waals surface area contributed by atoms with Crippen molar-refractivity contribution in [1.82, 2.24) is 25.1 Å². The highest BCUT2D eigenvalue weighted by molar-refractivity contribution is 6.30. The van der Waals surface area contributed by atoms with Crippen LogP contribution in [0.5, 0.6) is 0 Å². The second-order valence-electron chi connectivity index (χ2n) is 8.31. The fraction of sp³-hybridized carbons (Fsp3) is 0.364. The molecule has 0 aliphatic carbocycles. The van der Waals surface area contributed by atoms with Gasteiger partial charge >= 0.3 is 5.97 Å². The summed E-state index contributed by atoms with van der Waals surface area (Å²) in [5.41, 5.74) is 0.0705. The number of carboxylic acid groups (broad SMARTS) is 1. The molecule has 3 heterocycles. The highest BCUT2D eigenvalue weighted by Gasteiger charge is 2.43. The van der Waals surface area contributed by atoms with E-state index in [1.165, 1.54) is 12.3 Å². The fourth-order valence-electron chi connectivity index (χ4n) is 4.04. The van der Waals surface area contributed by atoms with Crippen LogP contribution in [-0.4, -0.2) is 49.2 Å². The maximum absolute atomic E-state index is 14.5. The molecule has 1 saturated heterocycles. The van der Waals surface area contributed by atoms with Gasteiger partial charge in [0.1, 0.15) is 5.82 Å². The lowest BCUT2D eigenvalue weighted by atomic mass is 9.74. The van der Waals surface area contributed by atoms with Crippen LogP contribution in [0.1, 0.15) is 29.8 Å². The Hall–Kier alpha value is -3.11. The third-order valence-corrected chi connectivity index (χ3v) is 6.25. The average molecular weight is 477 g/mol. The zero-order chi connectivity index (χ0) is 23.6. The van der Waals surface area contributed by atoms with Gasteiger partial charge in [-0.3, -0.25) is 14.8 Å². The van der Waals surface area contributed by atoms with E-state index in [2.05, 4.69) is 25.5 Å². The Labute approximate surface area is 194 Å². The first-order valence-corrected chi connectivity index (χ1v) is 10.8. The number of nitrogens with one attached hydrogen (secondary N) is 2. The molecule has 0 atom stereocenters. The van der Waals surface area contributed by atoms with Gasteiger partial charge in [-0.25, -0.2) is 14.4 Å². The largest absolute Gasteiger partial charge is 0.481 e. The van der Waals surface area contributed by atoms with E-state index in [-0.39, 0.29) is 35.8 Å². The number of aromatic amines is 1. The molecule has 1 aromatic carbocycles. The number of likely N-dealkylation sites (tertiary alicyclic amines) is 1. The number of halogens is 3. The lowest BCUT2D eigenvalue weighted by Crippen LogP contribution is -2.45. The first kappa shape index (κ1) is 23.1. The Morgan fingerprint density at radius 1 is 1.30 bits per heavy atom. The number of carboxylic acids is 1. The van der Waals surface area contributed by atoms with Crippen LogP contribution >= 0.6 is 11.6 Å². The first-order chi connectivity index (χ1) is 15.8. The smallest absolute Gasteiger partial charge is 0.310 e. The molecule has 11 heteroatoms. The second-order valence-corrected chi connectivity index (χ2v) is 8.71. The molecule has 0 radical (unpaired) electrons. The van der Waals surface area contributed by atoms with Crippen LogP contribution in [0.15, 0.2) is 30.5 Å². The van der Waals surface area contributed by atoms with Crippen LogP contribution in [-0.2, 0) is 17.8 Å². The predicted molar refractivity (Wildman–Crippen MR) is 118 cm³/mol. The first-order valence-electron chi connectivity index (χ1n) is 10.4. The van der Waals surface area contributed by atoms with Crippen molar-refractivity contribution in [3.8, 4) is 0 Å². The molecule has 8 nitrogen and oxygen atoms in total. The number of benzene rings is 1. The number of carbonyl (C=O) groups is 1. The van der Waals surface area contributed by atoms with Crippen molar-refractivity contribution in [1.29, 1.82) is 0 Å². The zero-order valence-electron chi connectivity index (χ0n) is 17.9. The maximum Gasteiger partial charge on any atom is 0.310 e. The molecule has 2 aromatic heterocycles. The van der Waals surface area contributed by atoms with Gasteiger partial charge in [-0.05, 0) is 38.9 Å². The quantitative estimate of drug-likeness (QED) is 0.471. The Morgan fingerprint density at radius 2 is 2.06 bits per heavy atom. The second kappa shape index (κ2) is 9.40. The minimum Gasteiger partial charge on any atom is -0.481 e. The number of aryl methyl sites for hydroxylation is 1. The van der Waals surface area contributed by atoms with Crippen LogP contribution < -0.4 is 5.32 Å². The summed E-state index contributed by atoms with van der Waals surface area (Å²) in [7, 11) is 0. The monoisotopic (exact) mass is 476 g/mol. The van der Waals surface area contributed by atoms with E-state index in [9.17, 15) is 18.7 Å². The van der Waals surface area contributed by atoms with E-state index in [1.54, 1.807) is 18.2 Å². The van der Waals surface area contributed by atoms with Gasteiger partial charge < -0.3 is 10.4 Å². The number of hydrogen-bond acceptors (Lipinski definition) is 6. The molecule has 0 unspecified atom stereocenters. The molecule has 33 heavy (non-hydrogen) atoms. The van der Waals surface area contributed by atoms with Gasteiger partial charge in [0.25, 0.3) is 0 Å². The normalized spacial score (nSPS) is 16.0. The molecule has 1 fully saturated rings. The molecule has 4 rings (SSSR count). The van der Waals surface area contributed by atoms with Crippen molar-refractivity contribution in [2.75, 3.05) is 18.4 Å². The molecule has 1 aliphatic rings. The van der Waals surface area contributed by atoms with Gasteiger partial charge in [-0.1, -0.05) is 23.7 Å². The molecule has 0 spiro atoms. The highest BCUT2D eigenvalue weighted by atomic mass is 35.5. The minimum absolute atomic E-state index is 0.0241. The Morgan fingerprint density at radius 3 is 2.73 bits per heavy atom. The number of rotatable bonds is 7. The van der Waals surface area contributed by atoms with Gasteiger partial charge in [-0.2, -0.15) is 9.49 Å². The van der Waals surface area contributed by atoms with Crippen LogP contribution in [0.2, 0.25) is 5.02 Å². The van der Waals surface area contributed by atoms with Gasteiger partial charge in [0, 0.05) is 30.3 Å². The topological polar surface area (TPSA) is 107 Å². The summed E-state index contributed by atoms with van der Waals surface area (Å²) in [6, 6.07) is 6.57. The lowest BCUT2D eigenvalue weighted by molar-refractivity contribution is -0.152. The average Bonchev–Trinajstić information content (AvgIpc) is 3.19. The third-order valence-electron chi connectivity index (χ3n) is 5.95. The Balaban J connectivity index is 1.47. The van der Waals surface area contributed by atoms with Crippen molar-refractivity contribution in [2.45, 2.75) is 32.7 Å². The molecule has 0 saturated carbocycles. The number of piperidine rings is 1. The summed E-state index contributed by atoms with van der Waals surface area (Å²) in [4.78, 5) is 22.2. The standard InChI is InChI=1S/C22H23ClF2N6O2/c1-13-9-17(30-29-13)28-18-11-26-20(25)16(27-18)10-22(21(32)33)5-7-31(8-6-22)12-14-3-2-4-15(23)19(14)24/h2-4,9,11H,5-8,10,12H2,1H3,(H,32,33)(H2,27,28,29,30). The number of aliphatic carboxylic acids is 1. The molecular weight excluding hydrogens is 454 g/mol. The molecule has 0 bridgehead atoms. The highest BCUT2D eigenvalue weighted by Crippen LogP contribution is 2.36. The van der Waals surface area contributed by atoms with E-state index in [0.29, 0.717) is 31.0 Å². The van der Waals surface area contributed by atoms with E-state index in [1.807, 2.05) is 11.8 Å². The van der Waals surface area contributed by atoms with Crippen LogP contribution in [0.4, 0.5) is 20.4 Å². The maximum atomic E-state index is 14.5. The SMILES string of the molecule is Cc1cc(Nc2cnc(F)c(CC3(C(=O)O)CCN(Cc4cccc(Cl)c4F)CC3)n2)n[nH]1. The summed E-state index contributed by atoms with van der Waals surface area (Å²) in [6.07, 6.45) is 1.66. The van der Waals surface area contributed by atoms with E-state index >= 15 is 0 Å². The van der Waals surface area contributed by atoms with E-state index in [0.717, 1.165) is 5.69 Å². The molecule has 3 N–H and O–H groups in total. The molecule has 174 valence electrons. The number of aromatic nitrogens is 4. The van der Waals surface area contributed by atoms with Gasteiger partial charge in [0.2, 0.25) is 5.95 Å². The Kier molecular flexibility index (Phi) is 6.57. The van der Waals surface area contributed by atoms with Gasteiger partial charge in [0.15, 0.2) is 11.6 Å². The fourth-order valence-corrected chi connectivity index (χ4v) is 4.23. The van der Waals surface area contributed by atoms with E-state index < -0.39 is 23.1 Å². The summed E-state index contributed by atoms with van der Waals surface area (Å²) >= 11 is 5.86. The van der Waals surface area contributed by atoms with Crippen molar-refractivity contribution in [3.63, 3.8) is 0 Å². The van der Waals surface area contributed by atoms with Crippen LogP contribution in [0, 0.1) is 24.1 Å². The van der Waals surface area contributed by atoms with Crippen molar-refractivity contribution in [2.24, 2.45) is 5.41 Å². The number of hydrogen-bond donors (Lipinski definition) is 3. The predicted octanol–water partition coefficient (Wildman–Crippen LogP) is 4.09. The van der Waals surface area contributed by atoms with Crippen LogP contribution in [0.25, 0.3) is 0 Å². The Bertz CT molecular complexity index is 1160. The lowest BCUT2D eigenvalue weighted by Gasteiger charge is -2.38. The van der Waals surface area contributed by atoms with Gasteiger partial charge in [0.05, 0.1) is 22.3 Å². The molecule has 1 aliphatic heterocycles. The number of nitrogens with zero attached hydrogens (tertiary/aromatic N) is 4. The van der Waals surface area contributed by atoms with Crippen molar-refractivity contribution in [3.05, 3.63) is 64.2 Å². The third kappa shape index (κ3) is 5.12. The molecular formula is C22H23ClF2N6O2. The number of H-pyrrole nitrogens is 1. The number of anilines is 2. The minimum atomic E-state index is -1.19. The van der Waals surface area contributed by atoms with Crippen LogP contribution in [0.3, 0.4) is 0 Å². The summed E-state index contributed by atoms with van der Waals surface area (Å²) in [5, 5.41) is 19.8. The van der Waals surface area contributed by atoms with Gasteiger partial charge in [-0.15, -0.1) is 0 Å². The van der Waals surface area contributed by atoms with Crippen molar-refractivity contribution < 1.29 is 18.7 Å². The summed E-state index contributed by atoms with van der Waals surface area (Å²) < 4.78 is 28.7. The summed E-state index contributed by atoms with van der Waals surface area (Å²) in [5.74, 6) is -1.52. The molecule has 0 amide bonds.